The normalized spacial score (nSPS) is 12.7. The smallest absolute Gasteiger partial charge is 0.361 e. The summed E-state index contributed by atoms with van der Waals surface area (Å²) in [5.41, 5.74) is 0.554. The molecule has 0 bridgehead atoms. The average molecular weight is 476 g/mol. The minimum absolute atomic E-state index is 0.225. The molecular weight excluding hydrogens is 463 g/mol. The Kier molecular flexibility index (Phi) is 5.29. The highest BCUT2D eigenvalue weighted by molar-refractivity contribution is 9.10. The molecule has 3 aromatic heterocycles. The Balaban J connectivity index is 1.76. The highest BCUT2D eigenvalue weighted by Crippen LogP contribution is 2.37. The van der Waals surface area contributed by atoms with Gasteiger partial charge in [-0.25, -0.2) is 24.9 Å². The zero-order valence-corrected chi connectivity index (χ0v) is 17.0. The lowest BCUT2D eigenvalue weighted by molar-refractivity contribution is -0.137. The zero-order valence-electron chi connectivity index (χ0n) is 15.4. The monoisotopic (exact) mass is 475 g/mol. The second kappa shape index (κ2) is 7.90. The molecule has 30 heavy (non-hydrogen) atoms. The molecule has 0 spiro atoms. The van der Waals surface area contributed by atoms with E-state index >= 15 is 0 Å². The number of fused-ring (bicyclic) bond motifs is 1. The van der Waals surface area contributed by atoms with E-state index in [1.54, 1.807) is 25.4 Å². The first-order chi connectivity index (χ1) is 14.3. The largest absolute Gasteiger partial charge is 0.416 e. The Morgan fingerprint density at radius 3 is 2.40 bits per heavy atom. The molecule has 0 aliphatic carbocycles. The molecule has 0 aliphatic heterocycles. The first-order valence-corrected chi connectivity index (χ1v) is 9.50. The SMILES string of the molecule is CC(Nc1ncnc2c(Br)cc(C(F)(F)F)cc12)c1nccnc1-c1ncccn1. The lowest BCUT2D eigenvalue weighted by Crippen LogP contribution is -2.13. The number of anilines is 1. The molecule has 1 aromatic carbocycles. The average Bonchev–Trinajstić information content (AvgIpc) is 2.74. The maximum atomic E-state index is 13.3. The van der Waals surface area contributed by atoms with Crippen molar-refractivity contribution in [2.75, 3.05) is 5.32 Å². The quantitative estimate of drug-likeness (QED) is 0.451. The number of rotatable bonds is 4. The number of hydrogen-bond acceptors (Lipinski definition) is 7. The first-order valence-electron chi connectivity index (χ1n) is 8.71. The predicted octanol–water partition coefficient (Wildman–Crippen LogP) is 4.83. The van der Waals surface area contributed by atoms with Crippen LogP contribution in [-0.2, 0) is 6.18 Å². The van der Waals surface area contributed by atoms with Crippen LogP contribution >= 0.6 is 15.9 Å². The second-order valence-corrected chi connectivity index (χ2v) is 7.16. The fourth-order valence-corrected chi connectivity index (χ4v) is 3.50. The number of nitrogens with zero attached hydrogens (tertiary/aromatic N) is 6. The van der Waals surface area contributed by atoms with Crippen LogP contribution in [0.2, 0.25) is 0 Å². The number of halogens is 4. The van der Waals surface area contributed by atoms with E-state index < -0.39 is 17.8 Å². The van der Waals surface area contributed by atoms with Crippen molar-refractivity contribution >= 4 is 32.7 Å². The van der Waals surface area contributed by atoms with Gasteiger partial charge in [-0.3, -0.25) is 4.98 Å². The number of nitrogens with one attached hydrogen (secondary N) is 1. The van der Waals surface area contributed by atoms with Gasteiger partial charge in [0.15, 0.2) is 5.82 Å². The fourth-order valence-electron chi connectivity index (χ4n) is 2.94. The predicted molar refractivity (Wildman–Crippen MR) is 107 cm³/mol. The van der Waals surface area contributed by atoms with Crippen molar-refractivity contribution in [2.45, 2.75) is 19.1 Å². The summed E-state index contributed by atoms with van der Waals surface area (Å²) < 4.78 is 40.1. The molecule has 3 heterocycles. The summed E-state index contributed by atoms with van der Waals surface area (Å²) in [6, 6.07) is 3.25. The number of aromatic nitrogens is 6. The van der Waals surface area contributed by atoms with E-state index in [1.165, 1.54) is 18.7 Å². The highest BCUT2D eigenvalue weighted by Gasteiger charge is 2.32. The summed E-state index contributed by atoms with van der Waals surface area (Å²) in [5.74, 6) is 0.633. The molecule has 1 N–H and O–H groups in total. The molecule has 4 rings (SSSR count). The van der Waals surface area contributed by atoms with Gasteiger partial charge < -0.3 is 5.32 Å². The van der Waals surface area contributed by atoms with Crippen molar-refractivity contribution < 1.29 is 13.2 Å². The standard InChI is InChI=1S/C19H13BrF3N7/c1-10(14-16(25-6-5-24-14)18-26-3-2-4-27-18)30-17-12-7-11(19(21,22)23)8-13(20)15(12)28-9-29-17/h2-10H,1H3,(H,28,29,30). The summed E-state index contributed by atoms with van der Waals surface area (Å²) in [4.78, 5) is 25.3. The van der Waals surface area contributed by atoms with Crippen molar-refractivity contribution in [2.24, 2.45) is 0 Å². The molecule has 0 amide bonds. The van der Waals surface area contributed by atoms with E-state index in [1.807, 2.05) is 0 Å². The van der Waals surface area contributed by atoms with Crippen LogP contribution < -0.4 is 5.32 Å². The summed E-state index contributed by atoms with van der Waals surface area (Å²) >= 11 is 3.17. The molecule has 1 unspecified atom stereocenters. The van der Waals surface area contributed by atoms with E-state index in [9.17, 15) is 13.2 Å². The minimum Gasteiger partial charge on any atom is -0.361 e. The van der Waals surface area contributed by atoms with Gasteiger partial charge in [0.05, 0.1) is 22.8 Å². The first kappa shape index (κ1) is 20.1. The lowest BCUT2D eigenvalue weighted by atomic mass is 10.1. The molecule has 11 heteroatoms. The van der Waals surface area contributed by atoms with Gasteiger partial charge in [0.1, 0.15) is 17.8 Å². The van der Waals surface area contributed by atoms with Crippen LogP contribution in [0.1, 0.15) is 24.2 Å². The Hall–Kier alpha value is -3.21. The molecule has 152 valence electrons. The molecule has 1 atom stereocenters. The Morgan fingerprint density at radius 2 is 1.67 bits per heavy atom. The fraction of sp³-hybridized carbons (Fsp3) is 0.158. The minimum atomic E-state index is -4.50. The van der Waals surface area contributed by atoms with E-state index in [0.717, 1.165) is 12.1 Å². The maximum absolute atomic E-state index is 13.3. The van der Waals surface area contributed by atoms with Gasteiger partial charge in [-0.1, -0.05) is 0 Å². The molecule has 0 saturated carbocycles. The molecule has 7 nitrogen and oxygen atoms in total. The molecule has 4 aromatic rings. The van der Waals surface area contributed by atoms with Gasteiger partial charge in [0, 0.05) is 34.6 Å². The van der Waals surface area contributed by atoms with Gasteiger partial charge >= 0.3 is 6.18 Å². The Morgan fingerprint density at radius 1 is 0.933 bits per heavy atom. The number of hydrogen-bond donors (Lipinski definition) is 1. The van der Waals surface area contributed by atoms with Crippen LogP contribution in [0.3, 0.4) is 0 Å². The van der Waals surface area contributed by atoms with Gasteiger partial charge in [-0.05, 0) is 41.1 Å². The van der Waals surface area contributed by atoms with E-state index in [4.69, 9.17) is 0 Å². The summed E-state index contributed by atoms with van der Waals surface area (Å²) in [6.45, 7) is 1.80. The molecular formula is C19H13BrF3N7. The van der Waals surface area contributed by atoms with Crippen molar-refractivity contribution in [3.63, 3.8) is 0 Å². The summed E-state index contributed by atoms with van der Waals surface area (Å²) in [7, 11) is 0. The van der Waals surface area contributed by atoms with Gasteiger partial charge in [0.2, 0.25) is 0 Å². The van der Waals surface area contributed by atoms with Crippen molar-refractivity contribution in [3.05, 3.63) is 65.0 Å². The third kappa shape index (κ3) is 3.92. The van der Waals surface area contributed by atoms with Crippen LogP contribution in [0.5, 0.6) is 0 Å². The van der Waals surface area contributed by atoms with Crippen molar-refractivity contribution in [1.82, 2.24) is 29.9 Å². The van der Waals surface area contributed by atoms with Crippen molar-refractivity contribution in [3.8, 4) is 11.5 Å². The third-order valence-corrected chi connectivity index (χ3v) is 4.89. The third-order valence-electron chi connectivity index (χ3n) is 4.29. The number of benzene rings is 1. The van der Waals surface area contributed by atoms with Crippen LogP contribution in [0.4, 0.5) is 19.0 Å². The van der Waals surface area contributed by atoms with Gasteiger partial charge in [-0.15, -0.1) is 0 Å². The van der Waals surface area contributed by atoms with E-state index in [2.05, 4.69) is 51.2 Å². The topological polar surface area (TPSA) is 89.4 Å². The highest BCUT2D eigenvalue weighted by atomic mass is 79.9. The van der Waals surface area contributed by atoms with Crippen LogP contribution in [0, 0.1) is 0 Å². The van der Waals surface area contributed by atoms with Gasteiger partial charge in [0.25, 0.3) is 0 Å². The molecule has 0 aliphatic rings. The molecule has 0 radical (unpaired) electrons. The second-order valence-electron chi connectivity index (χ2n) is 6.30. The zero-order chi connectivity index (χ0) is 21.3. The van der Waals surface area contributed by atoms with Gasteiger partial charge in [-0.2, -0.15) is 13.2 Å². The van der Waals surface area contributed by atoms with Crippen molar-refractivity contribution in [1.29, 1.82) is 0 Å². The maximum Gasteiger partial charge on any atom is 0.416 e. The lowest BCUT2D eigenvalue weighted by Gasteiger charge is -2.18. The Bertz CT molecular complexity index is 1200. The van der Waals surface area contributed by atoms with Crippen LogP contribution in [0.15, 0.2) is 53.8 Å². The Labute approximate surface area is 177 Å². The van der Waals surface area contributed by atoms with E-state index in [-0.39, 0.29) is 15.7 Å². The molecule has 0 fully saturated rings. The van der Waals surface area contributed by atoms with E-state index in [0.29, 0.717) is 22.7 Å². The van der Waals surface area contributed by atoms with Crippen LogP contribution in [0.25, 0.3) is 22.4 Å². The molecule has 0 saturated heterocycles. The summed E-state index contributed by atoms with van der Waals surface area (Å²) in [5, 5.41) is 3.35. The van der Waals surface area contributed by atoms with Crippen LogP contribution in [-0.4, -0.2) is 29.9 Å². The summed E-state index contributed by atoms with van der Waals surface area (Å²) in [6.07, 6.45) is 3.01. The number of alkyl halides is 3.